The van der Waals surface area contributed by atoms with Gasteiger partial charge >= 0.3 is 35.7 Å². The topological polar surface area (TPSA) is 184 Å². The maximum atomic E-state index is 11.3. The number of rotatable bonds is 8. The molecule has 0 bridgehead atoms. The molecule has 0 amide bonds. The van der Waals surface area contributed by atoms with E-state index in [0.717, 1.165) is 0 Å². The van der Waals surface area contributed by atoms with Gasteiger partial charge in [0.15, 0.2) is 0 Å². The number of benzene rings is 1. The van der Waals surface area contributed by atoms with Crippen LogP contribution in [0.2, 0.25) is 0 Å². The van der Waals surface area contributed by atoms with Crippen LogP contribution < -0.4 is 19.8 Å². The summed E-state index contributed by atoms with van der Waals surface area (Å²) in [5, 5.41) is 24.8. The van der Waals surface area contributed by atoms with E-state index in [4.69, 9.17) is 0 Å². The molecule has 0 spiro atoms. The second-order valence-electron chi connectivity index (χ2n) is 8.45. The van der Waals surface area contributed by atoms with Gasteiger partial charge in [-0.2, -0.15) is 9.97 Å². The van der Waals surface area contributed by atoms with Gasteiger partial charge in [0.1, 0.15) is 0 Å². The average molecular weight is 539 g/mol. The second kappa shape index (κ2) is 10.8. The van der Waals surface area contributed by atoms with E-state index < -0.39 is 11.9 Å². The molecule has 1 aromatic carbocycles. The van der Waals surface area contributed by atoms with E-state index in [-0.39, 0.29) is 34.9 Å². The van der Waals surface area contributed by atoms with Crippen molar-refractivity contribution in [3.63, 3.8) is 0 Å². The first-order valence-corrected chi connectivity index (χ1v) is 11.8. The fourth-order valence-corrected chi connectivity index (χ4v) is 3.63. The first kappa shape index (κ1) is 25.7. The number of hydrogen-bond acceptors (Lipinski definition) is 10. The number of nitrogens with one attached hydrogen (secondary N) is 2. The Hall–Kier alpha value is -5.92. The zero-order valence-corrected chi connectivity index (χ0v) is 21.2. The third-order valence-corrected chi connectivity index (χ3v) is 5.43. The summed E-state index contributed by atoms with van der Waals surface area (Å²) >= 11 is 0. The van der Waals surface area contributed by atoms with Crippen LogP contribution in [-0.2, 0) is 0 Å². The summed E-state index contributed by atoms with van der Waals surface area (Å²) < 4.78 is 3.02. The number of aromatic carboxylic acids is 2. The lowest BCUT2D eigenvalue weighted by molar-refractivity contribution is -0.604. The second-order valence-corrected chi connectivity index (χ2v) is 8.45. The summed E-state index contributed by atoms with van der Waals surface area (Å²) in [6.07, 6.45) is 6.16. The van der Waals surface area contributed by atoms with Crippen LogP contribution in [0.5, 0.6) is 0 Å². The fraction of sp³-hybridized carbons (Fsp3) is 0.0769. The Labute approximate surface area is 226 Å². The number of carboxylic acid groups (broad SMARTS) is 2. The van der Waals surface area contributed by atoms with Crippen LogP contribution in [0.3, 0.4) is 0 Å². The molecule has 14 nitrogen and oxygen atoms in total. The Bertz CT molecular complexity index is 1620. The first-order chi connectivity index (χ1) is 19.2. The van der Waals surface area contributed by atoms with Gasteiger partial charge in [0.25, 0.3) is 0 Å². The molecule has 0 unspecified atom stereocenters. The summed E-state index contributed by atoms with van der Waals surface area (Å²) in [5.41, 5.74) is 1.59. The highest BCUT2D eigenvalue weighted by molar-refractivity contribution is 5.87. The molecule has 5 rings (SSSR count). The predicted octanol–water partition coefficient (Wildman–Crippen LogP) is 2.11. The molecule has 14 heteroatoms. The largest absolute Gasteiger partial charge is 0.478 e. The van der Waals surface area contributed by atoms with Gasteiger partial charge in [-0.25, -0.2) is 18.7 Å². The molecule has 0 aliphatic carbocycles. The lowest BCUT2D eigenvalue weighted by Gasteiger charge is -2.06. The van der Waals surface area contributed by atoms with Gasteiger partial charge in [0.2, 0.25) is 11.6 Å². The first-order valence-electron chi connectivity index (χ1n) is 11.8. The molecule has 40 heavy (non-hydrogen) atoms. The number of pyridine rings is 2. The lowest BCUT2D eigenvalue weighted by Crippen LogP contribution is -2.34. The zero-order valence-electron chi connectivity index (χ0n) is 21.2. The van der Waals surface area contributed by atoms with Crippen LogP contribution in [0, 0.1) is 13.8 Å². The molecule has 0 saturated carbocycles. The van der Waals surface area contributed by atoms with Crippen molar-refractivity contribution >= 4 is 35.2 Å². The third kappa shape index (κ3) is 5.96. The Morgan fingerprint density at radius 3 is 1.40 bits per heavy atom. The molecule has 0 fully saturated rings. The van der Waals surface area contributed by atoms with Crippen molar-refractivity contribution in [1.82, 2.24) is 29.9 Å². The van der Waals surface area contributed by atoms with Crippen LogP contribution in [0.1, 0.15) is 32.4 Å². The van der Waals surface area contributed by atoms with E-state index in [1.807, 2.05) is 0 Å². The Morgan fingerprint density at radius 2 is 1.02 bits per heavy atom. The van der Waals surface area contributed by atoms with Crippen molar-refractivity contribution in [3.8, 4) is 11.9 Å². The minimum Gasteiger partial charge on any atom is -0.478 e. The Morgan fingerprint density at radius 1 is 0.625 bits per heavy atom. The maximum Gasteiger partial charge on any atom is 0.442 e. The molecular weight excluding hydrogens is 516 g/mol. The van der Waals surface area contributed by atoms with Gasteiger partial charge in [-0.3, -0.25) is 0 Å². The average Bonchev–Trinajstić information content (AvgIpc) is 2.93. The zero-order chi connectivity index (χ0) is 28.2. The van der Waals surface area contributed by atoms with Gasteiger partial charge in [0, 0.05) is 25.2 Å². The Kier molecular flexibility index (Phi) is 6.96. The van der Waals surface area contributed by atoms with E-state index >= 15 is 0 Å². The molecule has 0 radical (unpaired) electrons. The minimum absolute atomic E-state index is 0.103. The highest BCUT2D eigenvalue weighted by Gasteiger charge is 2.19. The van der Waals surface area contributed by atoms with E-state index in [9.17, 15) is 19.8 Å². The highest BCUT2D eigenvalue weighted by atomic mass is 16.4. The number of aryl methyl sites for hydroxylation is 2. The van der Waals surface area contributed by atoms with Gasteiger partial charge in [-0.1, -0.05) is 9.97 Å². The Balaban J connectivity index is 1.33. The van der Waals surface area contributed by atoms with Gasteiger partial charge in [-0.05, 0) is 58.5 Å². The number of anilines is 4. The summed E-state index contributed by atoms with van der Waals surface area (Å²) in [5.74, 6) is -0.0970. The molecule has 4 heterocycles. The van der Waals surface area contributed by atoms with Crippen LogP contribution >= 0.6 is 0 Å². The van der Waals surface area contributed by atoms with Gasteiger partial charge in [0.05, 0.1) is 35.9 Å². The number of aromatic nitrogens is 8. The van der Waals surface area contributed by atoms with E-state index in [1.54, 1.807) is 62.6 Å². The molecule has 198 valence electrons. The molecule has 0 atom stereocenters. The van der Waals surface area contributed by atoms with Crippen LogP contribution in [0.25, 0.3) is 11.9 Å². The number of carbonyl (C=O) groups is 2. The summed E-state index contributed by atoms with van der Waals surface area (Å²) in [4.78, 5) is 48.7. The number of carboxylic acids is 2. The number of nitrogens with zero attached hydrogens (tertiary/aromatic N) is 8. The molecule has 5 aromatic rings. The van der Waals surface area contributed by atoms with Crippen molar-refractivity contribution in [2.75, 3.05) is 10.6 Å². The molecule has 0 aliphatic rings. The minimum atomic E-state index is -1.05. The molecule has 0 saturated heterocycles. The van der Waals surface area contributed by atoms with Crippen LogP contribution in [0.15, 0.2) is 73.3 Å². The van der Waals surface area contributed by atoms with Crippen molar-refractivity contribution in [2.24, 2.45) is 0 Å². The SMILES string of the molecule is Cc1nc(Nc2ccc(Nc3nc(C)nc(-[n+]4cccc(C(=O)O)c4)n3)cc2)nc(-[n+]2cccc(C(=O)O)c2)n1. The fourth-order valence-electron chi connectivity index (χ4n) is 3.63. The standard InChI is InChI=1S/C26H20N10O4/c1-15-27-23(33-25(29-15)35-11-3-5-17(13-35)21(37)38)31-19-7-9-20(10-8-19)32-24-28-16(2)30-26(34-24)36-12-4-6-18(14-36)22(39)40/h3-14H,1-2H3,(H2-2,27,28,29,30,31,32,33,34,37,38,39,40)/p+2. The van der Waals surface area contributed by atoms with Crippen molar-refractivity contribution in [3.05, 3.63) is 96.1 Å². The van der Waals surface area contributed by atoms with E-state index in [1.165, 1.54) is 33.7 Å². The van der Waals surface area contributed by atoms with Crippen LogP contribution in [-0.4, -0.2) is 52.1 Å². The maximum absolute atomic E-state index is 11.3. The van der Waals surface area contributed by atoms with Crippen molar-refractivity contribution < 1.29 is 28.9 Å². The van der Waals surface area contributed by atoms with Gasteiger partial charge in [-0.15, -0.1) is 0 Å². The summed E-state index contributed by atoms with van der Waals surface area (Å²) in [7, 11) is 0. The third-order valence-electron chi connectivity index (χ3n) is 5.43. The van der Waals surface area contributed by atoms with Crippen molar-refractivity contribution in [1.29, 1.82) is 0 Å². The summed E-state index contributed by atoms with van der Waals surface area (Å²) in [6, 6.07) is 13.4. The van der Waals surface area contributed by atoms with Crippen LogP contribution in [0.4, 0.5) is 23.3 Å². The molecule has 4 N–H and O–H groups in total. The van der Waals surface area contributed by atoms with E-state index in [2.05, 4.69) is 40.5 Å². The highest BCUT2D eigenvalue weighted by Crippen LogP contribution is 2.19. The van der Waals surface area contributed by atoms with E-state index in [0.29, 0.717) is 23.0 Å². The molecular formula is C26H22N10O4+2. The quantitative estimate of drug-likeness (QED) is 0.211. The number of hydrogen-bond donors (Lipinski definition) is 4. The molecule has 0 aliphatic heterocycles. The lowest BCUT2D eigenvalue weighted by atomic mass is 10.3. The van der Waals surface area contributed by atoms with Crippen molar-refractivity contribution in [2.45, 2.75) is 13.8 Å². The monoisotopic (exact) mass is 538 g/mol. The summed E-state index contributed by atoms with van der Waals surface area (Å²) in [6.45, 7) is 3.43. The smallest absolute Gasteiger partial charge is 0.442 e. The molecule has 4 aromatic heterocycles. The normalized spacial score (nSPS) is 10.7. The predicted molar refractivity (Wildman–Crippen MR) is 139 cm³/mol. The van der Waals surface area contributed by atoms with Gasteiger partial charge < -0.3 is 20.8 Å².